The quantitative estimate of drug-likeness (QED) is 0.575. The van der Waals surface area contributed by atoms with Gasteiger partial charge in [-0.3, -0.25) is 0 Å². The SMILES string of the molecule is CC(C)CNc1nc(Nc2cccc3c2OCCO3)nc2[nH]cc(C(F)(F)F)c12. The van der Waals surface area contributed by atoms with Crippen molar-refractivity contribution in [2.24, 2.45) is 5.92 Å². The van der Waals surface area contributed by atoms with Gasteiger partial charge in [0.05, 0.1) is 16.6 Å². The fraction of sp³-hybridized carbons (Fsp3) is 0.368. The van der Waals surface area contributed by atoms with E-state index >= 15 is 0 Å². The second kappa shape index (κ2) is 7.34. The number of anilines is 3. The first-order valence-corrected chi connectivity index (χ1v) is 9.18. The lowest BCUT2D eigenvalue weighted by Crippen LogP contribution is -2.16. The summed E-state index contributed by atoms with van der Waals surface area (Å²) in [7, 11) is 0. The van der Waals surface area contributed by atoms with Crippen LogP contribution in [0.25, 0.3) is 11.0 Å². The second-order valence-electron chi connectivity index (χ2n) is 7.05. The van der Waals surface area contributed by atoms with Crippen molar-refractivity contribution in [3.05, 3.63) is 30.0 Å². The van der Waals surface area contributed by atoms with Gasteiger partial charge in [0.2, 0.25) is 5.95 Å². The van der Waals surface area contributed by atoms with Gasteiger partial charge in [-0.05, 0) is 18.1 Å². The van der Waals surface area contributed by atoms with E-state index in [0.717, 1.165) is 6.20 Å². The molecule has 0 aliphatic carbocycles. The predicted molar refractivity (Wildman–Crippen MR) is 103 cm³/mol. The summed E-state index contributed by atoms with van der Waals surface area (Å²) in [6.45, 7) is 5.23. The van der Waals surface area contributed by atoms with Gasteiger partial charge in [0.25, 0.3) is 0 Å². The summed E-state index contributed by atoms with van der Waals surface area (Å²) in [6.07, 6.45) is -3.61. The normalized spacial score (nSPS) is 13.7. The summed E-state index contributed by atoms with van der Waals surface area (Å²) >= 11 is 0. The lowest BCUT2D eigenvalue weighted by molar-refractivity contribution is -0.136. The first kappa shape index (κ1) is 19.2. The van der Waals surface area contributed by atoms with Crippen LogP contribution in [0.1, 0.15) is 19.4 Å². The number of hydrogen-bond donors (Lipinski definition) is 3. The molecule has 3 aromatic rings. The molecule has 2 aromatic heterocycles. The van der Waals surface area contributed by atoms with E-state index in [1.807, 2.05) is 13.8 Å². The molecule has 4 rings (SSSR count). The van der Waals surface area contributed by atoms with Crippen molar-refractivity contribution in [3.8, 4) is 11.5 Å². The number of benzene rings is 1. The van der Waals surface area contributed by atoms with Gasteiger partial charge < -0.3 is 25.1 Å². The number of H-pyrrole nitrogens is 1. The maximum atomic E-state index is 13.4. The van der Waals surface area contributed by atoms with Crippen LogP contribution in [0.5, 0.6) is 11.5 Å². The Labute approximate surface area is 164 Å². The molecule has 0 bridgehead atoms. The van der Waals surface area contributed by atoms with Crippen molar-refractivity contribution in [3.63, 3.8) is 0 Å². The van der Waals surface area contributed by atoms with Crippen molar-refractivity contribution in [1.82, 2.24) is 15.0 Å². The Hall–Kier alpha value is -3.17. The number of alkyl halides is 3. The molecule has 0 saturated heterocycles. The monoisotopic (exact) mass is 407 g/mol. The van der Waals surface area contributed by atoms with Crippen LogP contribution < -0.4 is 20.1 Å². The number of ether oxygens (including phenoxy) is 2. The molecule has 1 aliphatic heterocycles. The molecule has 29 heavy (non-hydrogen) atoms. The minimum atomic E-state index is -4.52. The zero-order valence-corrected chi connectivity index (χ0v) is 15.9. The first-order chi connectivity index (χ1) is 13.8. The van der Waals surface area contributed by atoms with E-state index in [2.05, 4.69) is 25.6 Å². The molecule has 3 N–H and O–H groups in total. The van der Waals surface area contributed by atoms with Gasteiger partial charge in [-0.25, -0.2) is 0 Å². The van der Waals surface area contributed by atoms with E-state index in [4.69, 9.17) is 9.47 Å². The number of rotatable bonds is 5. The standard InChI is InChI=1S/C19H20F3N5O2/c1-10(2)8-23-16-14-11(19(20,21)22)9-24-17(14)27-18(26-16)25-12-4-3-5-13-15(12)29-7-6-28-13/h3-5,9-10H,6-8H2,1-2H3,(H3,23,24,25,26,27). The predicted octanol–water partition coefficient (Wildman–Crippen LogP) is 4.56. The molecule has 10 heteroatoms. The number of aromatic nitrogens is 3. The summed E-state index contributed by atoms with van der Waals surface area (Å²) in [6, 6.07) is 5.32. The highest BCUT2D eigenvalue weighted by atomic mass is 19.4. The molecule has 1 aromatic carbocycles. The van der Waals surface area contributed by atoms with Gasteiger partial charge in [-0.1, -0.05) is 19.9 Å². The lowest BCUT2D eigenvalue weighted by Gasteiger charge is -2.21. The molecule has 1 aliphatic rings. The molecule has 0 radical (unpaired) electrons. The van der Waals surface area contributed by atoms with Gasteiger partial charge in [-0.2, -0.15) is 23.1 Å². The lowest BCUT2D eigenvalue weighted by atomic mass is 10.2. The topological polar surface area (TPSA) is 84.1 Å². The largest absolute Gasteiger partial charge is 0.486 e. The summed E-state index contributed by atoms with van der Waals surface area (Å²) in [5.74, 6) is 1.57. The van der Waals surface area contributed by atoms with Crippen molar-refractivity contribution in [2.45, 2.75) is 20.0 Å². The highest BCUT2D eigenvalue weighted by Gasteiger charge is 2.35. The zero-order chi connectivity index (χ0) is 20.6. The summed E-state index contributed by atoms with van der Waals surface area (Å²) < 4.78 is 51.5. The van der Waals surface area contributed by atoms with Crippen LogP contribution in [0, 0.1) is 5.92 Å². The van der Waals surface area contributed by atoms with E-state index in [0.29, 0.717) is 36.9 Å². The summed E-state index contributed by atoms with van der Waals surface area (Å²) in [5.41, 5.74) is -0.152. The van der Waals surface area contributed by atoms with Gasteiger partial charge in [0.1, 0.15) is 24.7 Å². The second-order valence-corrected chi connectivity index (χ2v) is 7.05. The Morgan fingerprint density at radius 3 is 2.72 bits per heavy atom. The van der Waals surface area contributed by atoms with Gasteiger partial charge in [0.15, 0.2) is 11.5 Å². The van der Waals surface area contributed by atoms with Gasteiger partial charge in [0, 0.05) is 12.7 Å². The molecule has 0 spiro atoms. The van der Waals surface area contributed by atoms with Crippen LogP contribution in [-0.4, -0.2) is 34.7 Å². The zero-order valence-electron chi connectivity index (χ0n) is 15.9. The number of hydrogen-bond acceptors (Lipinski definition) is 6. The molecule has 7 nitrogen and oxygen atoms in total. The third kappa shape index (κ3) is 3.87. The van der Waals surface area contributed by atoms with Gasteiger partial charge >= 0.3 is 6.18 Å². The number of nitrogens with zero attached hydrogens (tertiary/aromatic N) is 2. The van der Waals surface area contributed by atoms with E-state index < -0.39 is 11.7 Å². The Bertz CT molecular complexity index is 1030. The average Bonchev–Trinajstić information content (AvgIpc) is 3.11. The van der Waals surface area contributed by atoms with Crippen molar-refractivity contribution in [1.29, 1.82) is 0 Å². The van der Waals surface area contributed by atoms with Crippen LogP contribution in [-0.2, 0) is 6.18 Å². The minimum absolute atomic E-state index is 0.0848. The van der Waals surface area contributed by atoms with Crippen LogP contribution in [0.2, 0.25) is 0 Å². The molecular weight excluding hydrogens is 387 g/mol. The average molecular weight is 407 g/mol. The molecule has 0 fully saturated rings. The minimum Gasteiger partial charge on any atom is -0.486 e. The molecule has 3 heterocycles. The highest BCUT2D eigenvalue weighted by molar-refractivity contribution is 5.92. The fourth-order valence-electron chi connectivity index (χ4n) is 3.03. The maximum absolute atomic E-state index is 13.4. The smallest absolute Gasteiger partial charge is 0.418 e. The summed E-state index contributed by atoms with van der Waals surface area (Å²) in [4.78, 5) is 11.1. The number of fused-ring (bicyclic) bond motifs is 2. The Balaban J connectivity index is 1.76. The molecule has 154 valence electrons. The fourth-order valence-corrected chi connectivity index (χ4v) is 3.03. The molecule has 0 saturated carbocycles. The third-order valence-corrected chi connectivity index (χ3v) is 4.33. The van der Waals surface area contributed by atoms with E-state index in [1.165, 1.54) is 0 Å². The van der Waals surface area contributed by atoms with Crippen LogP contribution in [0.4, 0.5) is 30.6 Å². The number of aromatic amines is 1. The number of nitrogens with one attached hydrogen (secondary N) is 3. The molecule has 0 unspecified atom stereocenters. The third-order valence-electron chi connectivity index (χ3n) is 4.33. The molecule has 0 atom stereocenters. The Morgan fingerprint density at radius 1 is 1.17 bits per heavy atom. The maximum Gasteiger partial charge on any atom is 0.418 e. The van der Waals surface area contributed by atoms with Crippen molar-refractivity contribution in [2.75, 3.05) is 30.4 Å². The van der Waals surface area contributed by atoms with E-state index in [9.17, 15) is 13.2 Å². The summed E-state index contributed by atoms with van der Waals surface area (Å²) in [5, 5.41) is 5.95. The Morgan fingerprint density at radius 2 is 1.97 bits per heavy atom. The van der Waals surface area contributed by atoms with Crippen LogP contribution in [0.3, 0.4) is 0 Å². The highest BCUT2D eigenvalue weighted by Crippen LogP contribution is 2.40. The van der Waals surface area contributed by atoms with Crippen molar-refractivity contribution >= 4 is 28.5 Å². The molecule has 0 amide bonds. The van der Waals surface area contributed by atoms with Crippen LogP contribution in [0.15, 0.2) is 24.4 Å². The molecular formula is C19H20F3N5O2. The first-order valence-electron chi connectivity index (χ1n) is 9.18. The van der Waals surface area contributed by atoms with Gasteiger partial charge in [-0.15, -0.1) is 0 Å². The van der Waals surface area contributed by atoms with Crippen LogP contribution >= 0.6 is 0 Å². The van der Waals surface area contributed by atoms with E-state index in [-0.39, 0.29) is 28.7 Å². The van der Waals surface area contributed by atoms with E-state index in [1.54, 1.807) is 18.2 Å². The number of halogens is 3. The number of para-hydroxylation sites is 1. The van der Waals surface area contributed by atoms with Crippen molar-refractivity contribution < 1.29 is 22.6 Å². The Kier molecular flexibility index (Phi) is 4.85.